The smallest absolute Gasteiger partial charge is 0.230 e. The Labute approximate surface area is 128 Å². The average Bonchev–Trinajstić information content (AvgIpc) is 2.42. The first kappa shape index (κ1) is 17.4. The van der Waals surface area contributed by atoms with Gasteiger partial charge in [-0.15, -0.1) is 0 Å². The number of aliphatic carboxylic acids is 1. The molecule has 21 heavy (non-hydrogen) atoms. The number of rotatable bonds is 8. The molecule has 0 fully saturated rings. The van der Waals surface area contributed by atoms with Gasteiger partial charge in [0.05, 0.1) is 18.9 Å². The van der Waals surface area contributed by atoms with E-state index in [1.807, 2.05) is 6.92 Å². The van der Waals surface area contributed by atoms with Crippen molar-refractivity contribution in [3.05, 3.63) is 28.8 Å². The molecule has 0 radical (unpaired) electrons. The number of halogens is 1. The van der Waals surface area contributed by atoms with Crippen molar-refractivity contribution < 1.29 is 25.1 Å². The van der Waals surface area contributed by atoms with Crippen LogP contribution >= 0.6 is 11.6 Å². The van der Waals surface area contributed by atoms with Gasteiger partial charge in [-0.3, -0.25) is 4.79 Å². The lowest BCUT2D eigenvalue weighted by Gasteiger charge is -2.16. The number of nitrogens with one attached hydrogen (secondary N) is 1. The SMILES string of the molecule is Cc1ccc(Cl)cc1NC(=O)C[C@@H]([NH2+]CCCO)C(=O)[O-]. The molecule has 0 saturated carbocycles. The zero-order chi connectivity index (χ0) is 15.8. The predicted octanol–water partition coefficient (Wildman–Crippen LogP) is -0.959. The van der Waals surface area contributed by atoms with E-state index >= 15 is 0 Å². The maximum absolute atomic E-state index is 11.9. The Morgan fingerprint density at radius 2 is 2.19 bits per heavy atom. The van der Waals surface area contributed by atoms with Crippen LogP contribution in [0.1, 0.15) is 18.4 Å². The lowest BCUT2D eigenvalue weighted by Crippen LogP contribution is -2.93. The van der Waals surface area contributed by atoms with Gasteiger partial charge in [-0.25, -0.2) is 0 Å². The summed E-state index contributed by atoms with van der Waals surface area (Å²) < 4.78 is 0. The molecule has 0 aliphatic carbocycles. The molecule has 1 atom stereocenters. The average molecular weight is 315 g/mol. The number of carboxylic acid groups (broad SMARTS) is 1. The number of anilines is 1. The monoisotopic (exact) mass is 314 g/mol. The largest absolute Gasteiger partial charge is 0.544 e. The topological polar surface area (TPSA) is 106 Å². The second-order valence-corrected chi connectivity index (χ2v) is 5.18. The second-order valence-electron chi connectivity index (χ2n) is 4.74. The number of aryl methyl sites for hydroxylation is 1. The van der Waals surface area contributed by atoms with E-state index in [4.69, 9.17) is 16.7 Å². The number of aliphatic hydroxyl groups excluding tert-OH is 1. The minimum absolute atomic E-state index is 0.0236. The number of carbonyl (C=O) groups is 2. The van der Waals surface area contributed by atoms with Crippen LogP contribution in [0.15, 0.2) is 18.2 Å². The Bertz CT molecular complexity index is 508. The van der Waals surface area contributed by atoms with E-state index in [1.165, 1.54) is 5.32 Å². The Hall–Kier alpha value is -1.63. The molecule has 0 saturated heterocycles. The fourth-order valence-electron chi connectivity index (χ4n) is 1.80. The first-order valence-corrected chi connectivity index (χ1v) is 7.03. The highest BCUT2D eigenvalue weighted by Crippen LogP contribution is 2.20. The first-order chi connectivity index (χ1) is 9.93. The summed E-state index contributed by atoms with van der Waals surface area (Å²) >= 11 is 5.86. The molecule has 1 aromatic rings. The van der Waals surface area contributed by atoms with Crippen molar-refractivity contribution in [2.45, 2.75) is 25.8 Å². The van der Waals surface area contributed by atoms with Crippen molar-refractivity contribution in [3.63, 3.8) is 0 Å². The van der Waals surface area contributed by atoms with Gasteiger partial charge in [-0.05, 0) is 24.6 Å². The van der Waals surface area contributed by atoms with Crippen LogP contribution in [0.4, 0.5) is 5.69 Å². The van der Waals surface area contributed by atoms with Gasteiger partial charge in [-0.2, -0.15) is 0 Å². The van der Waals surface area contributed by atoms with Gasteiger partial charge in [0, 0.05) is 23.7 Å². The molecule has 0 heterocycles. The summed E-state index contributed by atoms with van der Waals surface area (Å²) in [5.41, 5.74) is 1.39. The van der Waals surface area contributed by atoms with Crippen LogP contribution in [0.25, 0.3) is 0 Å². The third kappa shape index (κ3) is 6.12. The maximum Gasteiger partial charge on any atom is 0.230 e. The molecular weight excluding hydrogens is 296 g/mol. The number of hydrogen-bond donors (Lipinski definition) is 3. The lowest BCUT2D eigenvalue weighted by atomic mass is 10.1. The van der Waals surface area contributed by atoms with Gasteiger partial charge in [0.1, 0.15) is 6.04 Å². The molecule has 0 spiro atoms. The number of hydrogen-bond acceptors (Lipinski definition) is 4. The maximum atomic E-state index is 11.9. The van der Waals surface area contributed by atoms with E-state index in [1.54, 1.807) is 18.2 Å². The van der Waals surface area contributed by atoms with Crippen molar-refractivity contribution in [1.82, 2.24) is 0 Å². The van der Waals surface area contributed by atoms with Crippen molar-refractivity contribution in [3.8, 4) is 0 Å². The summed E-state index contributed by atoms with van der Waals surface area (Å²) in [4.78, 5) is 22.9. The molecule has 0 aliphatic rings. The zero-order valence-corrected chi connectivity index (χ0v) is 12.5. The van der Waals surface area contributed by atoms with Gasteiger partial charge < -0.3 is 25.6 Å². The Morgan fingerprint density at radius 3 is 2.81 bits per heavy atom. The van der Waals surface area contributed by atoms with Crippen LogP contribution in [0, 0.1) is 6.92 Å². The molecule has 7 heteroatoms. The Balaban J connectivity index is 2.61. The Morgan fingerprint density at radius 1 is 1.48 bits per heavy atom. The van der Waals surface area contributed by atoms with Crippen molar-refractivity contribution in [2.75, 3.05) is 18.5 Å². The summed E-state index contributed by atoms with van der Waals surface area (Å²) in [6, 6.07) is 4.11. The van der Waals surface area contributed by atoms with E-state index in [2.05, 4.69) is 5.32 Å². The molecular formula is C14H19ClN2O4. The number of aliphatic hydroxyl groups is 1. The molecule has 1 aromatic carbocycles. The second kappa shape index (κ2) is 8.61. The van der Waals surface area contributed by atoms with E-state index in [-0.39, 0.29) is 13.0 Å². The molecule has 6 nitrogen and oxygen atoms in total. The quantitative estimate of drug-likeness (QED) is 0.537. The number of benzene rings is 1. The van der Waals surface area contributed by atoms with E-state index in [9.17, 15) is 14.7 Å². The lowest BCUT2D eigenvalue weighted by molar-refractivity contribution is -0.682. The minimum atomic E-state index is -1.30. The predicted molar refractivity (Wildman–Crippen MR) is 76.7 cm³/mol. The van der Waals surface area contributed by atoms with Gasteiger partial charge in [-0.1, -0.05) is 17.7 Å². The van der Waals surface area contributed by atoms with E-state index in [0.717, 1.165) is 5.56 Å². The summed E-state index contributed by atoms with van der Waals surface area (Å²) in [5.74, 6) is -1.72. The number of carboxylic acids is 1. The molecule has 1 rings (SSSR count). The number of carbonyl (C=O) groups excluding carboxylic acids is 2. The van der Waals surface area contributed by atoms with Crippen LogP contribution in [0.2, 0.25) is 5.02 Å². The van der Waals surface area contributed by atoms with Crippen LogP contribution in [0.3, 0.4) is 0 Å². The first-order valence-electron chi connectivity index (χ1n) is 6.65. The highest BCUT2D eigenvalue weighted by Gasteiger charge is 2.18. The fourth-order valence-corrected chi connectivity index (χ4v) is 1.98. The van der Waals surface area contributed by atoms with Crippen molar-refractivity contribution in [1.29, 1.82) is 0 Å². The standard InChI is InChI=1S/C14H19ClN2O4/c1-9-3-4-10(15)7-11(9)17-13(19)8-12(14(20)21)16-5-2-6-18/h3-4,7,12,16,18H,2,5-6,8H2,1H3,(H,17,19)(H,20,21)/t12-/m1/s1. The Kier molecular flexibility index (Phi) is 7.14. The minimum Gasteiger partial charge on any atom is -0.544 e. The summed E-state index contributed by atoms with van der Waals surface area (Å²) in [6.45, 7) is 2.21. The van der Waals surface area contributed by atoms with E-state index in [0.29, 0.717) is 23.7 Å². The van der Waals surface area contributed by atoms with Crippen LogP contribution in [-0.4, -0.2) is 36.2 Å². The van der Waals surface area contributed by atoms with Gasteiger partial charge in [0.15, 0.2) is 0 Å². The number of amides is 1. The molecule has 0 unspecified atom stereocenters. The summed E-state index contributed by atoms with van der Waals surface area (Å²) in [5, 5.41) is 24.3. The molecule has 1 amide bonds. The highest BCUT2D eigenvalue weighted by molar-refractivity contribution is 6.31. The van der Waals surface area contributed by atoms with Crippen LogP contribution < -0.4 is 15.7 Å². The molecule has 0 aliphatic heterocycles. The van der Waals surface area contributed by atoms with Crippen LogP contribution in [-0.2, 0) is 9.59 Å². The van der Waals surface area contributed by atoms with Gasteiger partial charge >= 0.3 is 0 Å². The normalized spacial score (nSPS) is 12.0. The third-order valence-electron chi connectivity index (χ3n) is 3.00. The van der Waals surface area contributed by atoms with Gasteiger partial charge in [0.2, 0.25) is 5.91 Å². The molecule has 0 aromatic heterocycles. The highest BCUT2D eigenvalue weighted by atomic mass is 35.5. The zero-order valence-electron chi connectivity index (χ0n) is 11.8. The van der Waals surface area contributed by atoms with Crippen molar-refractivity contribution >= 4 is 29.2 Å². The number of nitrogens with two attached hydrogens (primary N) is 1. The van der Waals surface area contributed by atoms with Gasteiger partial charge in [0.25, 0.3) is 0 Å². The van der Waals surface area contributed by atoms with E-state index < -0.39 is 17.9 Å². The van der Waals surface area contributed by atoms with Crippen molar-refractivity contribution in [2.24, 2.45) is 0 Å². The summed E-state index contributed by atoms with van der Waals surface area (Å²) in [7, 11) is 0. The molecule has 0 bridgehead atoms. The fraction of sp³-hybridized carbons (Fsp3) is 0.429. The number of quaternary nitrogens is 1. The summed E-state index contributed by atoms with van der Waals surface area (Å²) in [6.07, 6.45) is 0.249. The molecule has 116 valence electrons. The molecule has 4 N–H and O–H groups in total. The van der Waals surface area contributed by atoms with Crippen LogP contribution in [0.5, 0.6) is 0 Å². The third-order valence-corrected chi connectivity index (χ3v) is 3.23.